The van der Waals surface area contributed by atoms with Gasteiger partial charge in [-0.1, -0.05) is 23.2 Å². The Bertz CT molecular complexity index is 1280. The Kier molecular flexibility index (Phi) is 7.48. The minimum absolute atomic E-state index is 0.00598. The number of H-pyrrole nitrogens is 1. The lowest BCUT2D eigenvalue weighted by molar-refractivity contribution is -0.126. The first-order valence-corrected chi connectivity index (χ1v) is 10.8. The first-order chi connectivity index (χ1) is 16.4. The number of aromatic nitrogens is 6. The van der Waals surface area contributed by atoms with Gasteiger partial charge in [0, 0.05) is 12.4 Å². The van der Waals surface area contributed by atoms with Gasteiger partial charge in [-0.15, -0.1) is 0 Å². The minimum atomic E-state index is -1.16. The maximum atomic E-state index is 13.0. The van der Waals surface area contributed by atoms with Gasteiger partial charge in [0.1, 0.15) is 16.9 Å². The number of rotatable bonds is 9. The molecule has 13 heteroatoms. The van der Waals surface area contributed by atoms with Crippen LogP contribution in [0.5, 0.6) is 5.88 Å². The maximum absolute atomic E-state index is 13.0. The number of ether oxygens (including phenoxy) is 2. The van der Waals surface area contributed by atoms with Gasteiger partial charge in [0.05, 0.1) is 35.6 Å². The Balaban J connectivity index is 1.65. The molecule has 176 valence electrons. The molecule has 4 aromatic heterocycles. The van der Waals surface area contributed by atoms with Crippen molar-refractivity contribution in [3.63, 3.8) is 0 Å². The molecule has 3 N–H and O–H groups in total. The van der Waals surface area contributed by atoms with Crippen LogP contribution in [-0.2, 0) is 9.53 Å². The number of hydrogen-bond donors (Lipinski definition) is 3. The van der Waals surface area contributed by atoms with E-state index >= 15 is 0 Å². The van der Waals surface area contributed by atoms with Crippen LogP contribution in [0.1, 0.15) is 6.92 Å². The number of halogens is 2. The number of amides is 1. The summed E-state index contributed by atoms with van der Waals surface area (Å²) >= 11 is 12.1. The highest BCUT2D eigenvalue weighted by Crippen LogP contribution is 2.28. The third-order valence-corrected chi connectivity index (χ3v) is 4.93. The van der Waals surface area contributed by atoms with Crippen molar-refractivity contribution in [3.05, 3.63) is 52.9 Å². The quantitative estimate of drug-likeness (QED) is 0.313. The molecule has 0 saturated carbocycles. The summed E-state index contributed by atoms with van der Waals surface area (Å²) in [7, 11) is 0. The van der Waals surface area contributed by atoms with Crippen LogP contribution < -0.4 is 10.1 Å². The topological polar surface area (TPSA) is 148 Å². The molecule has 0 saturated heterocycles. The lowest BCUT2D eigenvalue weighted by Crippen LogP contribution is -2.38. The van der Waals surface area contributed by atoms with Gasteiger partial charge in [-0.3, -0.25) is 14.9 Å². The SMILES string of the molecule is C[C@@H](O)COC[C@H](Oc1nc(-c2ncccc2Cl)nc2[nH]ncc12)C(=O)Nc1ccc(Cl)cn1. The molecule has 0 unspecified atom stereocenters. The van der Waals surface area contributed by atoms with E-state index in [0.717, 1.165) is 0 Å². The zero-order valence-electron chi connectivity index (χ0n) is 17.8. The fourth-order valence-corrected chi connectivity index (χ4v) is 3.17. The van der Waals surface area contributed by atoms with Gasteiger partial charge in [0.15, 0.2) is 11.5 Å². The van der Waals surface area contributed by atoms with Crippen molar-refractivity contribution < 1.29 is 19.4 Å². The molecule has 0 spiro atoms. The zero-order chi connectivity index (χ0) is 24.1. The molecule has 0 radical (unpaired) electrons. The number of aliphatic hydroxyl groups excluding tert-OH is 1. The number of carbonyl (C=O) groups excluding carboxylic acids is 1. The van der Waals surface area contributed by atoms with Crippen LogP contribution in [0.2, 0.25) is 10.0 Å². The number of aromatic amines is 1. The number of nitrogens with one attached hydrogen (secondary N) is 2. The van der Waals surface area contributed by atoms with E-state index in [-0.39, 0.29) is 30.7 Å². The second-order valence-electron chi connectivity index (χ2n) is 7.16. The molecule has 0 aliphatic heterocycles. The summed E-state index contributed by atoms with van der Waals surface area (Å²) in [5.41, 5.74) is 0.701. The Morgan fingerprint density at radius 2 is 2.03 bits per heavy atom. The number of nitrogens with zero attached hydrogens (tertiary/aromatic N) is 5. The molecule has 4 heterocycles. The van der Waals surface area contributed by atoms with Crippen LogP contribution >= 0.6 is 23.2 Å². The van der Waals surface area contributed by atoms with Crippen molar-refractivity contribution >= 4 is 46.0 Å². The van der Waals surface area contributed by atoms with E-state index in [2.05, 4.69) is 35.5 Å². The molecule has 11 nitrogen and oxygen atoms in total. The zero-order valence-corrected chi connectivity index (χ0v) is 19.3. The summed E-state index contributed by atoms with van der Waals surface area (Å²) in [5, 5.41) is 20.1. The standard InChI is InChI=1S/C21H19Cl2N7O4/c1-11(31)9-33-10-15(20(32)27-16-5-4-12(22)7-25-16)34-21-13-8-26-30-18(13)28-19(29-21)17-14(23)3-2-6-24-17/h2-8,11,15,31H,9-10H2,1H3,(H,25,27,32)(H,26,28,29,30)/t11-,15+/m1/s1. The third kappa shape index (κ3) is 5.75. The first-order valence-electron chi connectivity index (χ1n) is 10.1. The fourth-order valence-electron chi connectivity index (χ4n) is 2.85. The second-order valence-corrected chi connectivity index (χ2v) is 8.01. The largest absolute Gasteiger partial charge is 0.461 e. The minimum Gasteiger partial charge on any atom is -0.461 e. The molecule has 0 bridgehead atoms. The summed E-state index contributed by atoms with van der Waals surface area (Å²) < 4.78 is 11.4. The molecule has 2 atom stereocenters. The lowest BCUT2D eigenvalue weighted by Gasteiger charge is -2.19. The molecule has 4 aromatic rings. The van der Waals surface area contributed by atoms with Gasteiger partial charge >= 0.3 is 0 Å². The molecule has 0 aliphatic rings. The molecule has 0 aliphatic carbocycles. The Morgan fingerprint density at radius 3 is 2.76 bits per heavy atom. The van der Waals surface area contributed by atoms with E-state index < -0.39 is 18.1 Å². The Morgan fingerprint density at radius 1 is 1.18 bits per heavy atom. The molecule has 0 aromatic carbocycles. The van der Waals surface area contributed by atoms with Gasteiger partial charge in [-0.25, -0.2) is 9.97 Å². The van der Waals surface area contributed by atoms with Crippen LogP contribution in [0.4, 0.5) is 5.82 Å². The van der Waals surface area contributed by atoms with Crippen LogP contribution in [0, 0.1) is 0 Å². The monoisotopic (exact) mass is 503 g/mol. The summed E-state index contributed by atoms with van der Waals surface area (Å²) in [6.45, 7) is 1.40. The highest BCUT2D eigenvalue weighted by Gasteiger charge is 2.25. The van der Waals surface area contributed by atoms with Crippen molar-refractivity contribution in [2.24, 2.45) is 0 Å². The molecule has 4 rings (SSSR count). The number of carbonyl (C=O) groups is 1. The predicted octanol–water partition coefficient (Wildman–Crippen LogP) is 2.90. The average Bonchev–Trinajstić information content (AvgIpc) is 3.29. The fraction of sp³-hybridized carbons (Fsp3) is 0.238. The van der Waals surface area contributed by atoms with E-state index in [1.165, 1.54) is 12.4 Å². The maximum Gasteiger partial charge on any atom is 0.269 e. The number of hydrogen-bond acceptors (Lipinski definition) is 9. The van der Waals surface area contributed by atoms with Crippen molar-refractivity contribution in [3.8, 4) is 17.4 Å². The van der Waals surface area contributed by atoms with E-state index in [1.54, 1.807) is 37.4 Å². The van der Waals surface area contributed by atoms with Gasteiger partial charge < -0.3 is 19.9 Å². The molecular weight excluding hydrogens is 485 g/mol. The van der Waals surface area contributed by atoms with Crippen LogP contribution in [-0.4, -0.2) is 66.6 Å². The van der Waals surface area contributed by atoms with E-state index in [9.17, 15) is 9.90 Å². The molecule has 1 amide bonds. The van der Waals surface area contributed by atoms with Crippen molar-refractivity contribution in [2.75, 3.05) is 18.5 Å². The summed E-state index contributed by atoms with van der Waals surface area (Å²) in [6.07, 6.45) is 2.55. The molecule has 34 heavy (non-hydrogen) atoms. The van der Waals surface area contributed by atoms with Gasteiger partial charge in [-0.05, 0) is 31.2 Å². The smallest absolute Gasteiger partial charge is 0.269 e. The summed E-state index contributed by atoms with van der Waals surface area (Å²) in [4.78, 5) is 30.1. The molecule has 0 fully saturated rings. The Labute approximate surface area is 203 Å². The third-order valence-electron chi connectivity index (χ3n) is 4.40. The highest BCUT2D eigenvalue weighted by molar-refractivity contribution is 6.32. The number of anilines is 1. The normalized spacial score (nSPS) is 12.9. The first kappa shape index (κ1) is 23.8. The number of fused-ring (bicyclic) bond motifs is 1. The van der Waals surface area contributed by atoms with E-state index in [4.69, 9.17) is 32.7 Å². The summed E-state index contributed by atoms with van der Waals surface area (Å²) in [6, 6.07) is 6.48. The van der Waals surface area contributed by atoms with E-state index in [0.29, 0.717) is 26.8 Å². The van der Waals surface area contributed by atoms with E-state index in [1.807, 2.05) is 0 Å². The van der Waals surface area contributed by atoms with Crippen LogP contribution in [0.25, 0.3) is 22.6 Å². The Hall–Kier alpha value is -3.38. The second kappa shape index (κ2) is 10.7. The van der Waals surface area contributed by atoms with Crippen molar-refractivity contribution in [2.45, 2.75) is 19.1 Å². The van der Waals surface area contributed by atoms with Gasteiger partial charge in [-0.2, -0.15) is 10.1 Å². The molecular formula is C21H19Cl2N7O4. The number of aliphatic hydroxyl groups is 1. The van der Waals surface area contributed by atoms with Crippen molar-refractivity contribution in [1.29, 1.82) is 0 Å². The van der Waals surface area contributed by atoms with Gasteiger partial charge in [0.2, 0.25) is 12.0 Å². The predicted molar refractivity (Wildman–Crippen MR) is 125 cm³/mol. The van der Waals surface area contributed by atoms with Crippen LogP contribution in [0.3, 0.4) is 0 Å². The van der Waals surface area contributed by atoms with Crippen molar-refractivity contribution in [1.82, 2.24) is 30.1 Å². The lowest BCUT2D eigenvalue weighted by atomic mass is 10.3. The average molecular weight is 504 g/mol. The summed E-state index contributed by atoms with van der Waals surface area (Å²) in [5.74, 6) is -0.0233. The van der Waals surface area contributed by atoms with Gasteiger partial charge in [0.25, 0.3) is 5.91 Å². The highest BCUT2D eigenvalue weighted by atomic mass is 35.5. The number of pyridine rings is 2. The van der Waals surface area contributed by atoms with Crippen LogP contribution in [0.15, 0.2) is 42.9 Å².